The fourth-order valence-electron chi connectivity index (χ4n) is 1.88. The zero-order valence-electron chi connectivity index (χ0n) is 10.0. The Morgan fingerprint density at radius 2 is 1.94 bits per heavy atom. The molecule has 1 heterocycles. The number of hydrogen-bond donors (Lipinski definition) is 1. The minimum Gasteiger partial charge on any atom is -0.399 e. The molecule has 1 aliphatic rings. The van der Waals surface area contributed by atoms with Gasteiger partial charge < -0.3 is 5.73 Å². The molecular weight excluding hydrogens is 275 g/mol. The van der Waals surface area contributed by atoms with Gasteiger partial charge in [0.15, 0.2) is 0 Å². The standard InChI is InChI=1S/C11H15FN2O2S2/c1-8-6-9(13)7-10(11(8)12)18(15,16)14-2-4-17-5-3-14/h6-7H,2-5,13H2,1H3. The van der Waals surface area contributed by atoms with Crippen molar-refractivity contribution in [2.75, 3.05) is 30.3 Å². The number of aryl methyl sites for hydroxylation is 1. The van der Waals surface area contributed by atoms with Crippen LogP contribution in [0.1, 0.15) is 5.56 Å². The minimum atomic E-state index is -3.77. The van der Waals surface area contributed by atoms with Gasteiger partial charge >= 0.3 is 0 Å². The summed E-state index contributed by atoms with van der Waals surface area (Å²) in [5.74, 6) is 0.770. The number of nitrogens with zero attached hydrogens (tertiary/aromatic N) is 1. The van der Waals surface area contributed by atoms with Crippen LogP contribution in [0.25, 0.3) is 0 Å². The van der Waals surface area contributed by atoms with Gasteiger partial charge in [0.2, 0.25) is 10.0 Å². The van der Waals surface area contributed by atoms with Crippen LogP contribution in [0.3, 0.4) is 0 Å². The second kappa shape index (κ2) is 5.07. The SMILES string of the molecule is Cc1cc(N)cc(S(=O)(=O)N2CCSCC2)c1F. The monoisotopic (exact) mass is 290 g/mol. The number of rotatable bonds is 2. The van der Waals surface area contributed by atoms with E-state index in [2.05, 4.69) is 0 Å². The first-order valence-electron chi connectivity index (χ1n) is 5.56. The minimum absolute atomic E-state index is 0.250. The van der Waals surface area contributed by atoms with Gasteiger partial charge in [0, 0.05) is 30.3 Å². The quantitative estimate of drug-likeness (QED) is 0.838. The highest BCUT2D eigenvalue weighted by Gasteiger charge is 2.29. The van der Waals surface area contributed by atoms with Crippen LogP contribution in [0.4, 0.5) is 10.1 Å². The molecule has 2 N–H and O–H groups in total. The summed E-state index contributed by atoms with van der Waals surface area (Å²) in [4.78, 5) is -0.313. The first kappa shape index (κ1) is 13.6. The van der Waals surface area contributed by atoms with Crippen molar-refractivity contribution in [3.05, 3.63) is 23.5 Å². The summed E-state index contributed by atoms with van der Waals surface area (Å²) in [6.07, 6.45) is 0. The van der Waals surface area contributed by atoms with Crippen molar-refractivity contribution in [1.29, 1.82) is 0 Å². The Labute approximate surface area is 110 Å². The molecule has 0 spiro atoms. The highest BCUT2D eigenvalue weighted by molar-refractivity contribution is 7.99. The van der Waals surface area contributed by atoms with Crippen LogP contribution in [0.5, 0.6) is 0 Å². The third kappa shape index (κ3) is 2.48. The molecular formula is C11H15FN2O2S2. The zero-order valence-corrected chi connectivity index (χ0v) is 11.7. The van der Waals surface area contributed by atoms with E-state index < -0.39 is 15.8 Å². The van der Waals surface area contributed by atoms with E-state index in [1.807, 2.05) is 0 Å². The Bertz CT molecular complexity index is 554. The van der Waals surface area contributed by atoms with Gasteiger partial charge in [-0.1, -0.05) is 0 Å². The Hall–Kier alpha value is -0.790. The predicted octanol–water partition coefficient (Wildman–Crippen LogP) is 1.45. The van der Waals surface area contributed by atoms with E-state index in [0.717, 1.165) is 11.5 Å². The molecule has 0 radical (unpaired) electrons. The molecule has 0 atom stereocenters. The van der Waals surface area contributed by atoms with Crippen molar-refractivity contribution in [2.24, 2.45) is 0 Å². The molecule has 0 saturated carbocycles. The summed E-state index contributed by atoms with van der Waals surface area (Å²) in [7, 11) is -3.77. The molecule has 4 nitrogen and oxygen atoms in total. The van der Waals surface area contributed by atoms with Crippen LogP contribution in [0, 0.1) is 12.7 Å². The largest absolute Gasteiger partial charge is 0.399 e. The number of nitrogen functional groups attached to an aromatic ring is 1. The molecule has 18 heavy (non-hydrogen) atoms. The zero-order chi connectivity index (χ0) is 13.3. The fourth-order valence-corrected chi connectivity index (χ4v) is 4.63. The molecule has 0 unspecified atom stereocenters. The highest BCUT2D eigenvalue weighted by atomic mass is 32.2. The van der Waals surface area contributed by atoms with Crippen LogP contribution in [0.2, 0.25) is 0 Å². The van der Waals surface area contributed by atoms with E-state index in [1.54, 1.807) is 11.8 Å². The first-order chi connectivity index (χ1) is 8.43. The van der Waals surface area contributed by atoms with E-state index in [0.29, 0.717) is 13.1 Å². The molecule has 2 rings (SSSR count). The Morgan fingerprint density at radius 1 is 1.33 bits per heavy atom. The van der Waals surface area contributed by atoms with Gasteiger partial charge in [-0.2, -0.15) is 16.1 Å². The number of nitrogens with two attached hydrogens (primary N) is 1. The molecule has 0 aromatic heterocycles. The van der Waals surface area contributed by atoms with Gasteiger partial charge in [0.25, 0.3) is 0 Å². The Kier molecular flexibility index (Phi) is 3.84. The third-order valence-corrected chi connectivity index (χ3v) is 5.67. The highest BCUT2D eigenvalue weighted by Crippen LogP contribution is 2.26. The van der Waals surface area contributed by atoms with Crippen molar-refractivity contribution in [3.8, 4) is 0 Å². The molecule has 1 fully saturated rings. The molecule has 1 saturated heterocycles. The van der Waals surface area contributed by atoms with Gasteiger partial charge in [0.05, 0.1) is 0 Å². The number of hydrogen-bond acceptors (Lipinski definition) is 4. The topological polar surface area (TPSA) is 63.4 Å². The van der Waals surface area contributed by atoms with Crippen LogP contribution < -0.4 is 5.73 Å². The average Bonchev–Trinajstić information content (AvgIpc) is 2.34. The smallest absolute Gasteiger partial charge is 0.246 e. The van der Waals surface area contributed by atoms with Crippen LogP contribution in [-0.2, 0) is 10.0 Å². The van der Waals surface area contributed by atoms with Crippen molar-refractivity contribution in [2.45, 2.75) is 11.8 Å². The number of halogens is 1. The lowest BCUT2D eigenvalue weighted by atomic mass is 10.2. The molecule has 0 amide bonds. The second-order valence-corrected chi connectivity index (χ2v) is 7.30. The number of thioether (sulfide) groups is 1. The van der Waals surface area contributed by atoms with Crippen LogP contribution in [0.15, 0.2) is 17.0 Å². The number of sulfonamides is 1. The molecule has 7 heteroatoms. The van der Waals surface area contributed by atoms with Crippen molar-refractivity contribution in [3.63, 3.8) is 0 Å². The van der Waals surface area contributed by atoms with E-state index in [-0.39, 0.29) is 16.1 Å². The van der Waals surface area contributed by atoms with Gasteiger partial charge in [-0.25, -0.2) is 12.8 Å². The fraction of sp³-hybridized carbons (Fsp3) is 0.455. The summed E-state index contributed by atoms with van der Waals surface area (Å²) in [5, 5.41) is 0. The maximum atomic E-state index is 14.0. The summed E-state index contributed by atoms with van der Waals surface area (Å²) < 4.78 is 40.0. The van der Waals surface area contributed by atoms with E-state index in [4.69, 9.17) is 5.73 Å². The van der Waals surface area contributed by atoms with Gasteiger partial charge in [-0.15, -0.1) is 0 Å². The Balaban J connectivity index is 2.46. The van der Waals surface area contributed by atoms with Crippen LogP contribution >= 0.6 is 11.8 Å². The van der Waals surface area contributed by atoms with E-state index in [9.17, 15) is 12.8 Å². The molecule has 1 aromatic carbocycles. The molecule has 1 aromatic rings. The summed E-state index contributed by atoms with van der Waals surface area (Å²) in [5.41, 5.74) is 6.11. The predicted molar refractivity (Wildman–Crippen MR) is 71.6 cm³/mol. The lowest BCUT2D eigenvalue weighted by Gasteiger charge is -2.26. The molecule has 100 valence electrons. The van der Waals surface area contributed by atoms with Crippen molar-refractivity contribution in [1.82, 2.24) is 4.31 Å². The normalized spacial score (nSPS) is 17.9. The number of anilines is 1. The van der Waals surface area contributed by atoms with E-state index >= 15 is 0 Å². The van der Waals surface area contributed by atoms with Gasteiger partial charge in [0.1, 0.15) is 10.7 Å². The summed E-state index contributed by atoms with van der Waals surface area (Å²) in [6.45, 7) is 2.34. The maximum Gasteiger partial charge on any atom is 0.246 e. The molecule has 0 aliphatic carbocycles. The third-order valence-electron chi connectivity index (χ3n) is 2.83. The van der Waals surface area contributed by atoms with Crippen molar-refractivity contribution >= 4 is 27.5 Å². The Morgan fingerprint density at radius 3 is 2.56 bits per heavy atom. The van der Waals surface area contributed by atoms with Gasteiger partial charge in [-0.05, 0) is 24.6 Å². The lowest BCUT2D eigenvalue weighted by Crippen LogP contribution is -2.38. The maximum absolute atomic E-state index is 14.0. The van der Waals surface area contributed by atoms with Crippen LogP contribution in [-0.4, -0.2) is 37.3 Å². The lowest BCUT2D eigenvalue weighted by molar-refractivity contribution is 0.438. The molecule has 1 aliphatic heterocycles. The summed E-state index contributed by atoms with van der Waals surface area (Å²) >= 11 is 1.70. The summed E-state index contributed by atoms with van der Waals surface area (Å²) in [6, 6.07) is 2.62. The second-order valence-electron chi connectivity index (χ2n) is 4.17. The van der Waals surface area contributed by atoms with Crippen molar-refractivity contribution < 1.29 is 12.8 Å². The number of benzene rings is 1. The first-order valence-corrected chi connectivity index (χ1v) is 8.16. The molecule has 0 bridgehead atoms. The average molecular weight is 290 g/mol. The van der Waals surface area contributed by atoms with Gasteiger partial charge in [-0.3, -0.25) is 0 Å². The van der Waals surface area contributed by atoms with E-state index in [1.165, 1.54) is 23.4 Å².